The number of allylic oxidation sites excluding steroid dienone is 1. The third kappa shape index (κ3) is 8.58. The highest BCUT2D eigenvalue weighted by Gasteiger charge is 2.67. The molecule has 8 atom stereocenters. The summed E-state index contributed by atoms with van der Waals surface area (Å²) in [5, 5.41) is 6.07. The van der Waals surface area contributed by atoms with E-state index in [1.165, 1.54) is 4.90 Å². The van der Waals surface area contributed by atoms with Crippen molar-refractivity contribution in [1.29, 1.82) is 0 Å². The number of nitrogens with zero attached hydrogens (tertiary/aromatic N) is 2. The van der Waals surface area contributed by atoms with Crippen LogP contribution in [0, 0.1) is 17.3 Å². The van der Waals surface area contributed by atoms with Crippen LogP contribution >= 0.6 is 0 Å². The lowest BCUT2D eigenvalue weighted by molar-refractivity contribution is -0.185. The van der Waals surface area contributed by atoms with Crippen LogP contribution in [0.2, 0.25) is 0 Å². The number of hydrogen-bond acceptors (Lipinski definition) is 8. The molecule has 3 aliphatic carbocycles. The highest BCUT2D eigenvalue weighted by molar-refractivity contribution is 6.48. The van der Waals surface area contributed by atoms with Gasteiger partial charge in [0.1, 0.15) is 23.8 Å². The Morgan fingerprint density at radius 2 is 1.69 bits per heavy atom. The quantitative estimate of drug-likeness (QED) is 0.266. The highest BCUT2D eigenvalue weighted by Crippen LogP contribution is 2.64. The number of hydrogen-bond donors (Lipinski definition) is 2. The summed E-state index contributed by atoms with van der Waals surface area (Å²) < 4.78 is 25.2. The minimum Gasteiger partial charge on any atom is -0.444 e. The smallest absolute Gasteiger partial charge is 0.444 e. The van der Waals surface area contributed by atoms with Gasteiger partial charge in [-0.3, -0.25) is 14.5 Å². The lowest BCUT2D eigenvalue weighted by atomic mass is 9.45. The van der Waals surface area contributed by atoms with Crippen molar-refractivity contribution in [2.45, 2.75) is 167 Å². The van der Waals surface area contributed by atoms with Crippen molar-refractivity contribution in [3.63, 3.8) is 0 Å². The zero-order chi connectivity index (χ0) is 39.1. The summed E-state index contributed by atoms with van der Waals surface area (Å²) in [7, 11) is -0.613. The van der Waals surface area contributed by atoms with Gasteiger partial charge in [-0.2, -0.15) is 0 Å². The number of alkyl carbamates (subject to hydrolysis) is 1. The summed E-state index contributed by atoms with van der Waals surface area (Å²) in [6.45, 7) is 13.0. The molecule has 2 N–H and O–H groups in total. The SMILES string of the molecule is CC(C)(C)OC(=O)N[C@H]1C/C=C/CCCCCCC[C@@H](B2O[C@@H]3[C@@H]4C[C@H](C[C@]3(C)O2)C4(C)C)NC(=O)[C@@H]2C[C@@H](OC(=O)N3Cc4ccccc4C3)CN2C1=O. The Bertz CT molecular complexity index is 1620. The second kappa shape index (κ2) is 15.8. The molecule has 5 fully saturated rings. The number of benzene rings is 1. The zero-order valence-electron chi connectivity index (χ0n) is 33.6. The first-order valence-corrected chi connectivity index (χ1v) is 20.7. The molecule has 7 aliphatic rings. The van der Waals surface area contributed by atoms with Crippen LogP contribution in [0.25, 0.3) is 0 Å². The fourth-order valence-corrected chi connectivity index (χ4v) is 9.90. The number of amides is 4. The van der Waals surface area contributed by atoms with E-state index in [1.54, 1.807) is 25.7 Å². The van der Waals surface area contributed by atoms with Crippen molar-refractivity contribution in [1.82, 2.24) is 20.4 Å². The van der Waals surface area contributed by atoms with Crippen LogP contribution in [0.1, 0.15) is 123 Å². The van der Waals surface area contributed by atoms with Gasteiger partial charge in [0.25, 0.3) is 0 Å². The first kappa shape index (κ1) is 39.7. The van der Waals surface area contributed by atoms with Crippen LogP contribution in [-0.4, -0.2) is 88.9 Å². The van der Waals surface area contributed by atoms with Gasteiger partial charge >= 0.3 is 19.3 Å². The highest BCUT2D eigenvalue weighted by atomic mass is 16.7. The van der Waals surface area contributed by atoms with Gasteiger partial charge in [-0.15, -0.1) is 0 Å². The Kier molecular flexibility index (Phi) is 11.4. The maximum Gasteiger partial charge on any atom is 0.481 e. The summed E-state index contributed by atoms with van der Waals surface area (Å²) in [4.78, 5) is 58.8. The second-order valence-electron chi connectivity index (χ2n) is 18.7. The van der Waals surface area contributed by atoms with Crippen molar-refractivity contribution in [2.24, 2.45) is 17.3 Å². The first-order valence-electron chi connectivity index (χ1n) is 20.7. The average molecular weight is 761 g/mol. The van der Waals surface area contributed by atoms with Crippen LogP contribution in [0.4, 0.5) is 9.59 Å². The maximum atomic E-state index is 14.6. The van der Waals surface area contributed by atoms with E-state index in [1.807, 2.05) is 30.3 Å². The molecular weight excluding hydrogens is 699 g/mol. The van der Waals surface area contributed by atoms with Crippen LogP contribution in [0.15, 0.2) is 36.4 Å². The van der Waals surface area contributed by atoms with Gasteiger partial charge in [-0.25, -0.2) is 9.59 Å². The molecule has 2 bridgehead atoms. The van der Waals surface area contributed by atoms with Gasteiger partial charge in [0, 0.05) is 19.5 Å². The molecule has 0 aromatic heterocycles. The van der Waals surface area contributed by atoms with Crippen LogP contribution in [-0.2, 0) is 41.5 Å². The Morgan fingerprint density at radius 1 is 0.982 bits per heavy atom. The molecule has 4 aliphatic heterocycles. The topological polar surface area (TPSA) is 136 Å². The van der Waals surface area contributed by atoms with Gasteiger partial charge in [0.05, 0.1) is 24.2 Å². The summed E-state index contributed by atoms with van der Waals surface area (Å²) in [6, 6.07) is 5.97. The fraction of sp³-hybridized carbons (Fsp3) is 0.714. The minimum absolute atomic E-state index is 0.0129. The predicted octanol–water partition coefficient (Wildman–Crippen LogP) is 6.44. The maximum absolute atomic E-state index is 14.6. The predicted molar refractivity (Wildman–Crippen MR) is 207 cm³/mol. The summed E-state index contributed by atoms with van der Waals surface area (Å²) >= 11 is 0. The molecule has 3 saturated carbocycles. The van der Waals surface area contributed by atoms with E-state index >= 15 is 0 Å². The van der Waals surface area contributed by atoms with Gasteiger partial charge in [-0.1, -0.05) is 75.9 Å². The molecule has 0 radical (unpaired) electrons. The molecule has 1 aromatic carbocycles. The summed E-state index contributed by atoms with van der Waals surface area (Å²) in [5.41, 5.74) is 1.15. The molecule has 55 heavy (non-hydrogen) atoms. The third-order valence-corrected chi connectivity index (χ3v) is 13.1. The molecule has 0 spiro atoms. The third-order valence-electron chi connectivity index (χ3n) is 13.1. The molecule has 2 saturated heterocycles. The van der Waals surface area contributed by atoms with Crippen molar-refractivity contribution in [3.8, 4) is 0 Å². The van der Waals surface area contributed by atoms with Crippen LogP contribution < -0.4 is 10.6 Å². The first-order chi connectivity index (χ1) is 26.1. The molecule has 300 valence electrons. The van der Waals surface area contributed by atoms with E-state index in [9.17, 15) is 19.2 Å². The van der Waals surface area contributed by atoms with E-state index in [2.05, 4.69) is 37.5 Å². The standard InChI is InChI=1S/C42H61BN4O8/c1-40(2,3)53-38(50)44-32-19-13-11-9-7-8-10-12-14-20-34(43-54-35-31-21-29(41(31,4)5)23-42(35,6)55-43)45-36(48)33-22-30(26-47(33)37(32)49)52-39(51)46-24-27-17-15-16-18-28(27)25-46/h11,13,15-18,29-35H,7-10,12,14,19-26H2,1-6H3,(H,44,50)(H,45,48)/b13-11+/t29-,30-,31+,32+,33+,34+,35-,42+/m1/s1. The minimum atomic E-state index is -0.991. The Labute approximate surface area is 326 Å². The van der Waals surface area contributed by atoms with E-state index in [0.29, 0.717) is 31.3 Å². The monoisotopic (exact) mass is 760 g/mol. The molecule has 8 rings (SSSR count). The average Bonchev–Trinajstić information content (AvgIpc) is 3.84. The number of carbonyl (C=O) groups excluding carboxylic acids is 4. The lowest BCUT2D eigenvalue weighted by Crippen LogP contribution is -2.63. The number of ether oxygens (including phenoxy) is 2. The van der Waals surface area contributed by atoms with Crippen molar-refractivity contribution in [3.05, 3.63) is 47.5 Å². The Balaban J connectivity index is 1.13. The van der Waals surface area contributed by atoms with Crippen molar-refractivity contribution >= 4 is 31.1 Å². The van der Waals surface area contributed by atoms with E-state index < -0.39 is 60.5 Å². The Morgan fingerprint density at radius 3 is 2.40 bits per heavy atom. The number of rotatable bonds is 3. The number of fused-ring (bicyclic) bond motifs is 2. The van der Waals surface area contributed by atoms with Gasteiger partial charge in [0.2, 0.25) is 11.8 Å². The van der Waals surface area contributed by atoms with Crippen LogP contribution in [0.3, 0.4) is 0 Å². The van der Waals surface area contributed by atoms with Gasteiger partial charge < -0.3 is 34.3 Å². The van der Waals surface area contributed by atoms with Crippen molar-refractivity contribution in [2.75, 3.05) is 6.54 Å². The summed E-state index contributed by atoms with van der Waals surface area (Å²) in [5.74, 6) is -0.224. The number of nitrogens with one attached hydrogen (secondary N) is 2. The van der Waals surface area contributed by atoms with Gasteiger partial charge in [0.15, 0.2) is 0 Å². The normalized spacial score (nSPS) is 34.4. The largest absolute Gasteiger partial charge is 0.481 e. The molecule has 4 heterocycles. The number of carbonyl (C=O) groups is 4. The van der Waals surface area contributed by atoms with E-state index in [4.69, 9.17) is 18.8 Å². The molecule has 1 aromatic rings. The molecule has 12 nitrogen and oxygen atoms in total. The zero-order valence-corrected chi connectivity index (χ0v) is 33.6. The van der Waals surface area contributed by atoms with E-state index in [-0.39, 0.29) is 36.8 Å². The second-order valence-corrected chi connectivity index (χ2v) is 18.7. The van der Waals surface area contributed by atoms with Gasteiger partial charge in [-0.05, 0) is 94.6 Å². The fourth-order valence-electron chi connectivity index (χ4n) is 9.90. The van der Waals surface area contributed by atoms with Crippen molar-refractivity contribution < 1.29 is 38.0 Å². The molecule has 4 amide bonds. The summed E-state index contributed by atoms with van der Waals surface area (Å²) in [6.07, 6.45) is 11.0. The van der Waals surface area contributed by atoms with Crippen LogP contribution in [0.5, 0.6) is 0 Å². The molecular formula is C42H61BN4O8. The lowest BCUT2D eigenvalue weighted by Gasteiger charge is -2.63. The molecule has 0 unspecified atom stereocenters. The Hall–Kier alpha value is -3.58. The molecule has 13 heteroatoms. The van der Waals surface area contributed by atoms with E-state index in [0.717, 1.165) is 62.5 Å².